The first-order valence-electron chi connectivity index (χ1n) is 11.7. The molecule has 182 valence electrons. The molecule has 0 saturated carbocycles. The van der Waals surface area contributed by atoms with E-state index in [9.17, 15) is 4.39 Å². The lowest BCUT2D eigenvalue weighted by atomic mass is 9.94. The minimum absolute atomic E-state index is 0.214. The Morgan fingerprint density at radius 2 is 1.86 bits per heavy atom. The molecule has 0 spiro atoms. The lowest BCUT2D eigenvalue weighted by Gasteiger charge is -2.27. The molecule has 5 rings (SSSR count). The Morgan fingerprint density at radius 3 is 2.60 bits per heavy atom. The van der Waals surface area contributed by atoms with Crippen LogP contribution in [-0.2, 0) is 4.74 Å². The zero-order valence-corrected chi connectivity index (χ0v) is 19.2. The third kappa shape index (κ3) is 6.07. The molecule has 2 saturated heterocycles. The Balaban J connectivity index is 1.15. The van der Waals surface area contributed by atoms with Crippen LogP contribution < -0.4 is 26.5 Å². The second-order valence-corrected chi connectivity index (χ2v) is 8.35. The van der Waals surface area contributed by atoms with Gasteiger partial charge in [-0.05, 0) is 42.2 Å². The van der Waals surface area contributed by atoms with Crippen molar-refractivity contribution in [3.05, 3.63) is 65.9 Å². The number of hydrazine groups is 1. The number of hydrogen-bond donors (Lipinski definition) is 4. The first kappa shape index (κ1) is 23.1. The summed E-state index contributed by atoms with van der Waals surface area (Å²) in [5, 5.41) is 7.50. The molecule has 1 aromatic carbocycles. The summed E-state index contributed by atoms with van der Waals surface area (Å²) >= 11 is 0. The van der Waals surface area contributed by atoms with Crippen molar-refractivity contribution < 1.29 is 9.13 Å². The first-order valence-corrected chi connectivity index (χ1v) is 11.7. The molecule has 0 aliphatic carbocycles. The normalized spacial score (nSPS) is 18.5. The van der Waals surface area contributed by atoms with Gasteiger partial charge in [-0.15, -0.1) is 0 Å². The van der Waals surface area contributed by atoms with Crippen molar-refractivity contribution in [2.45, 2.75) is 12.3 Å². The number of hydrazone groups is 1. The van der Waals surface area contributed by atoms with E-state index in [1.165, 1.54) is 5.56 Å². The van der Waals surface area contributed by atoms with Gasteiger partial charge >= 0.3 is 0 Å². The maximum Gasteiger partial charge on any atom is 0.245 e. The van der Waals surface area contributed by atoms with Gasteiger partial charge in [-0.25, -0.2) is 14.8 Å². The average molecular weight is 478 g/mol. The number of pyridine rings is 1. The highest BCUT2D eigenvalue weighted by molar-refractivity contribution is 5.78. The highest BCUT2D eigenvalue weighted by Crippen LogP contribution is 2.23. The third-order valence-electron chi connectivity index (χ3n) is 5.95. The van der Waals surface area contributed by atoms with Crippen molar-refractivity contribution in [2.75, 3.05) is 55.0 Å². The van der Waals surface area contributed by atoms with Gasteiger partial charge in [0.05, 0.1) is 43.2 Å². The summed E-state index contributed by atoms with van der Waals surface area (Å²) < 4.78 is 19.5. The third-order valence-corrected chi connectivity index (χ3v) is 5.95. The highest BCUT2D eigenvalue weighted by atomic mass is 19.1. The van der Waals surface area contributed by atoms with E-state index in [4.69, 9.17) is 4.74 Å². The highest BCUT2D eigenvalue weighted by Gasteiger charge is 2.18. The van der Waals surface area contributed by atoms with Crippen LogP contribution >= 0.6 is 0 Å². The Kier molecular flexibility index (Phi) is 7.37. The minimum atomic E-state index is -0.468. The maximum absolute atomic E-state index is 14.1. The largest absolute Gasteiger partial charge is 0.378 e. The van der Waals surface area contributed by atoms with Crippen molar-refractivity contribution in [1.82, 2.24) is 25.8 Å². The smallest absolute Gasteiger partial charge is 0.245 e. The average Bonchev–Trinajstić information content (AvgIpc) is 2.92. The van der Waals surface area contributed by atoms with Gasteiger partial charge in [0.2, 0.25) is 5.95 Å². The van der Waals surface area contributed by atoms with Crippen molar-refractivity contribution in [3.63, 3.8) is 0 Å². The second kappa shape index (κ2) is 11.2. The monoisotopic (exact) mass is 477 g/mol. The van der Waals surface area contributed by atoms with E-state index >= 15 is 0 Å². The van der Waals surface area contributed by atoms with Crippen LogP contribution in [0.3, 0.4) is 0 Å². The molecular weight excluding hydrogens is 449 g/mol. The predicted molar refractivity (Wildman–Crippen MR) is 134 cm³/mol. The van der Waals surface area contributed by atoms with E-state index in [1.807, 2.05) is 17.0 Å². The van der Waals surface area contributed by atoms with E-state index in [0.29, 0.717) is 37.9 Å². The van der Waals surface area contributed by atoms with E-state index in [0.717, 1.165) is 37.1 Å². The number of ether oxygens (including phenoxy) is 1. The number of benzene rings is 1. The lowest BCUT2D eigenvalue weighted by molar-refractivity contribution is 0.122. The molecule has 2 aliphatic heterocycles. The Hall–Kier alpha value is -3.67. The zero-order chi connectivity index (χ0) is 23.9. The summed E-state index contributed by atoms with van der Waals surface area (Å²) in [6, 6.07) is 12.3. The molecule has 4 N–H and O–H groups in total. The second-order valence-electron chi connectivity index (χ2n) is 8.35. The number of rotatable bonds is 7. The number of nitrogens with one attached hydrogen (secondary N) is 4. The molecule has 2 fully saturated rings. The number of halogens is 1. The van der Waals surface area contributed by atoms with Crippen molar-refractivity contribution >= 4 is 29.4 Å². The van der Waals surface area contributed by atoms with Crippen LogP contribution in [0.25, 0.3) is 0 Å². The van der Waals surface area contributed by atoms with E-state index in [1.54, 1.807) is 12.4 Å². The van der Waals surface area contributed by atoms with E-state index in [2.05, 4.69) is 65.9 Å². The lowest BCUT2D eigenvalue weighted by Crippen LogP contribution is -2.41. The zero-order valence-electron chi connectivity index (χ0n) is 19.2. The molecule has 0 radical (unpaired) electrons. The van der Waals surface area contributed by atoms with Crippen LogP contribution in [0, 0.1) is 5.82 Å². The number of aromatic nitrogens is 3. The molecule has 2 aliphatic rings. The summed E-state index contributed by atoms with van der Waals surface area (Å²) in [4.78, 5) is 14.4. The Labute approximate surface area is 203 Å². The molecule has 1 unspecified atom stereocenters. The Bertz CT molecular complexity index is 1130. The molecule has 3 aromatic rings. The summed E-state index contributed by atoms with van der Waals surface area (Å²) in [5.41, 5.74) is 13.0. The van der Waals surface area contributed by atoms with Crippen LogP contribution in [0.1, 0.15) is 23.6 Å². The molecule has 35 heavy (non-hydrogen) atoms. The minimum Gasteiger partial charge on any atom is -0.378 e. The predicted octanol–water partition coefficient (Wildman–Crippen LogP) is 2.62. The topological polar surface area (TPSA) is 112 Å². The van der Waals surface area contributed by atoms with Crippen molar-refractivity contribution in [3.8, 4) is 0 Å². The van der Waals surface area contributed by atoms with Gasteiger partial charge in [0.1, 0.15) is 0 Å². The van der Waals surface area contributed by atoms with Gasteiger partial charge in [0, 0.05) is 31.9 Å². The molecule has 4 heterocycles. The molecule has 2 aromatic heterocycles. The fraction of sp³-hybridized carbons (Fsp3) is 0.333. The van der Waals surface area contributed by atoms with Crippen molar-refractivity contribution in [2.24, 2.45) is 5.10 Å². The number of anilines is 4. The van der Waals surface area contributed by atoms with Gasteiger partial charge in [-0.1, -0.05) is 12.1 Å². The SMILES string of the molecule is Fc1cnc(N/N=C/c2ccc(Nc3ccc(C4CCNNC4)cc3)cn2)nc1N1CCOCC1. The molecule has 11 heteroatoms. The van der Waals surface area contributed by atoms with Gasteiger partial charge in [0.25, 0.3) is 0 Å². The summed E-state index contributed by atoms with van der Waals surface area (Å²) in [6.07, 6.45) is 5.58. The molecule has 0 bridgehead atoms. The van der Waals surface area contributed by atoms with Gasteiger partial charge in [-0.3, -0.25) is 15.8 Å². The van der Waals surface area contributed by atoms with Crippen LogP contribution in [0.4, 0.5) is 27.5 Å². The number of hydrogen-bond acceptors (Lipinski definition) is 10. The molecular formula is C24H28FN9O. The van der Waals surface area contributed by atoms with Gasteiger partial charge < -0.3 is 15.0 Å². The first-order chi connectivity index (χ1) is 17.2. The van der Waals surface area contributed by atoms with Gasteiger partial charge in [-0.2, -0.15) is 10.1 Å². The quantitative estimate of drug-likeness (QED) is 0.301. The fourth-order valence-electron chi connectivity index (χ4n) is 4.04. The summed E-state index contributed by atoms with van der Waals surface area (Å²) in [6.45, 7) is 4.18. The number of nitrogens with zero attached hydrogens (tertiary/aromatic N) is 5. The molecule has 1 atom stereocenters. The molecule has 0 amide bonds. The maximum atomic E-state index is 14.1. The van der Waals surface area contributed by atoms with Crippen LogP contribution in [0.5, 0.6) is 0 Å². The van der Waals surface area contributed by atoms with E-state index in [-0.39, 0.29) is 11.8 Å². The van der Waals surface area contributed by atoms with Gasteiger partial charge in [0.15, 0.2) is 11.6 Å². The summed E-state index contributed by atoms with van der Waals surface area (Å²) in [5.74, 6) is 0.524. The fourth-order valence-corrected chi connectivity index (χ4v) is 4.04. The van der Waals surface area contributed by atoms with Crippen LogP contribution in [0.2, 0.25) is 0 Å². The van der Waals surface area contributed by atoms with Crippen LogP contribution in [0.15, 0.2) is 53.9 Å². The van der Waals surface area contributed by atoms with E-state index < -0.39 is 5.82 Å². The standard InChI is InChI=1S/C24H28FN9O/c25-22-16-27-24(32-23(22)34-9-11-35-12-10-34)33-30-15-20-5-6-21(14-26-20)31-19-3-1-17(2-4-19)18-7-8-28-29-13-18/h1-6,14-16,18,28-29,31H,7-13H2,(H,27,32,33)/b30-15+. The summed E-state index contributed by atoms with van der Waals surface area (Å²) in [7, 11) is 0. The Morgan fingerprint density at radius 1 is 1.03 bits per heavy atom. The van der Waals surface area contributed by atoms with Crippen LogP contribution in [-0.4, -0.2) is 60.6 Å². The number of morpholine rings is 1. The molecule has 10 nitrogen and oxygen atoms in total. The van der Waals surface area contributed by atoms with Crippen molar-refractivity contribution in [1.29, 1.82) is 0 Å².